The van der Waals surface area contributed by atoms with Crippen molar-refractivity contribution in [1.29, 1.82) is 0 Å². The van der Waals surface area contributed by atoms with Crippen LogP contribution in [-0.4, -0.2) is 41.0 Å². The number of nitrogens with one attached hydrogen (secondary N) is 2. The maximum Gasteiger partial charge on any atom is 0.433 e. The van der Waals surface area contributed by atoms with Crippen LogP contribution < -0.4 is 10.6 Å². The van der Waals surface area contributed by atoms with Crippen LogP contribution in [0.4, 0.5) is 26.3 Å². The van der Waals surface area contributed by atoms with E-state index in [2.05, 4.69) is 0 Å². The zero-order valence-electron chi connectivity index (χ0n) is 17.0. The van der Waals surface area contributed by atoms with Crippen molar-refractivity contribution in [3.63, 3.8) is 0 Å². The molecule has 0 radical (unpaired) electrons. The van der Waals surface area contributed by atoms with Gasteiger partial charge in [-0.3, -0.25) is 9.59 Å². The molecule has 2 aromatic carbocycles. The van der Waals surface area contributed by atoms with Crippen LogP contribution in [0.3, 0.4) is 0 Å². The molecule has 2 rings (SSSR count). The highest BCUT2D eigenvalue weighted by Crippen LogP contribution is 2.51. The molecule has 2 unspecified atom stereocenters. The van der Waals surface area contributed by atoms with Gasteiger partial charge in [-0.05, 0) is 48.5 Å². The molecule has 18 heteroatoms. The number of aliphatic hydroxyl groups excluding tert-OH is 1. The van der Waals surface area contributed by atoms with Gasteiger partial charge in [-0.25, -0.2) is 0 Å². The van der Waals surface area contributed by atoms with Crippen LogP contribution in [0.1, 0.15) is 28.1 Å². The lowest BCUT2D eigenvalue weighted by molar-refractivity contribution is -0.209. The van der Waals surface area contributed by atoms with E-state index in [0.717, 1.165) is 0 Å². The molecule has 2 atom stereocenters. The number of carbonyl (C=O) groups is 2. The number of hydrogen-bond acceptors (Lipinski definition) is 3. The molecule has 37 heavy (non-hydrogen) atoms. The summed E-state index contributed by atoms with van der Waals surface area (Å²) in [6.07, 6.45) is -12.4. The van der Waals surface area contributed by atoms with Gasteiger partial charge in [-0.15, -0.1) is 0 Å². The first-order valence-corrected chi connectivity index (χ1v) is 14.0. The van der Waals surface area contributed by atoms with Crippen LogP contribution >= 0.6 is 74.5 Å². The third kappa shape index (κ3) is 17.3. The number of aliphatic hydroxyl groups is 1. The van der Waals surface area contributed by atoms with Gasteiger partial charge in [0.2, 0.25) is 11.7 Å². The molecule has 210 valence electrons. The number of carbonyl (C=O) groups excluding carboxylic acids is 2. The third-order valence-corrected chi connectivity index (χ3v) is 4.20. The van der Waals surface area contributed by atoms with E-state index in [1.54, 1.807) is 5.32 Å². The molecular weight excluding hydrogens is 662 g/mol. The first-order chi connectivity index (χ1) is 16.3. The minimum Gasteiger partial charge on any atom is -0.366 e. The van der Waals surface area contributed by atoms with E-state index in [4.69, 9.17) is 73.6 Å². The molecule has 5 nitrogen and oxygen atoms in total. The van der Waals surface area contributed by atoms with Gasteiger partial charge >= 0.3 is 12.4 Å². The van der Waals surface area contributed by atoms with E-state index < -0.39 is 41.9 Å². The molecule has 0 aliphatic heterocycles. The summed E-state index contributed by atoms with van der Waals surface area (Å²) in [4.78, 5) is 22.5. The summed E-state index contributed by atoms with van der Waals surface area (Å²) in [7, 11) is 0. The normalized spacial score (nSPS) is 12.5. The van der Waals surface area contributed by atoms with Crippen molar-refractivity contribution in [1.82, 2.24) is 10.6 Å². The van der Waals surface area contributed by atoms with E-state index in [0.29, 0.717) is 10.0 Å². The summed E-state index contributed by atoms with van der Waals surface area (Å²) in [5.74, 6) is -3.14. The quantitative estimate of drug-likeness (QED) is 0.0996. The molecule has 0 saturated carbocycles. The lowest BCUT2D eigenvalue weighted by Gasteiger charge is -2.15. The molecule has 0 aromatic heterocycles. The van der Waals surface area contributed by atoms with Gasteiger partial charge in [0.25, 0.3) is 11.8 Å². The predicted octanol–water partition coefficient (Wildman–Crippen LogP) is 8.71. The Morgan fingerprint density at radius 1 is 0.730 bits per heavy atom. The van der Waals surface area contributed by atoms with Gasteiger partial charge in [0.05, 0.1) is 0 Å². The molecule has 0 saturated heterocycles. The number of benzene rings is 2. The van der Waals surface area contributed by atoms with Crippen LogP contribution in [-0.2, 0) is 0 Å². The molecule has 0 bridgehead atoms. The van der Waals surface area contributed by atoms with Gasteiger partial charge in [-0.1, -0.05) is 76.0 Å². The van der Waals surface area contributed by atoms with E-state index in [-0.39, 0.29) is 18.6 Å². The fourth-order valence-corrected chi connectivity index (χ4v) is 2.12. The van der Waals surface area contributed by atoms with Crippen molar-refractivity contribution < 1.29 is 41.0 Å². The highest BCUT2D eigenvalue weighted by atomic mass is 36.0. The van der Waals surface area contributed by atoms with E-state index in [1.165, 1.54) is 53.8 Å². The van der Waals surface area contributed by atoms with Gasteiger partial charge in [0.15, 0.2) is 5.98 Å². The molecule has 0 spiro atoms. The maximum atomic E-state index is 12.0. The molecule has 2 aromatic rings. The van der Waals surface area contributed by atoms with Crippen LogP contribution in [0.25, 0.3) is 0 Å². The summed E-state index contributed by atoms with van der Waals surface area (Å²) in [6, 6.07) is 10.6. The van der Waals surface area contributed by atoms with Crippen LogP contribution in [0, 0.1) is 0 Å². The second kappa shape index (κ2) is 17.6. The lowest BCUT2D eigenvalue weighted by Crippen LogP contribution is -2.45. The summed E-state index contributed by atoms with van der Waals surface area (Å²) in [5.41, 5.74) is -2.37. The highest BCUT2D eigenvalue weighted by Gasteiger charge is 2.40. The second-order valence-electron chi connectivity index (χ2n) is 6.00. The molecule has 0 fully saturated rings. The van der Waals surface area contributed by atoms with Crippen LogP contribution in [0.5, 0.6) is 0 Å². The first-order valence-electron chi connectivity index (χ1n) is 8.70. The predicted molar refractivity (Wildman–Crippen MR) is 137 cm³/mol. The van der Waals surface area contributed by atoms with Crippen molar-refractivity contribution in [3.05, 3.63) is 69.7 Å². The monoisotopic (exact) mass is 676 g/mol. The summed E-state index contributed by atoms with van der Waals surface area (Å²) in [5, 5.41) is 12.3. The van der Waals surface area contributed by atoms with E-state index in [9.17, 15) is 35.9 Å². The van der Waals surface area contributed by atoms with E-state index in [1.807, 2.05) is 0 Å². The molecule has 2 amide bonds. The third-order valence-electron chi connectivity index (χ3n) is 3.34. The van der Waals surface area contributed by atoms with Crippen LogP contribution in [0.15, 0.2) is 48.5 Å². The first kappa shape index (κ1) is 38.2. The van der Waals surface area contributed by atoms with Crippen molar-refractivity contribution in [3.8, 4) is 0 Å². The van der Waals surface area contributed by atoms with Crippen LogP contribution in [0.2, 0.25) is 10.0 Å². The Morgan fingerprint density at radius 3 is 1.30 bits per heavy atom. The second-order valence-corrected chi connectivity index (χ2v) is 12.3. The minimum absolute atomic E-state index is 0. The number of rotatable bonds is 4. The summed E-state index contributed by atoms with van der Waals surface area (Å²) in [6.45, 7) is 0. The van der Waals surface area contributed by atoms with Crippen molar-refractivity contribution in [2.24, 2.45) is 0 Å². The molecular formula is C19H17Cl6F6N2O3P. The van der Waals surface area contributed by atoms with Gasteiger partial charge in [0, 0.05) is 21.2 Å². The largest absolute Gasteiger partial charge is 0.433 e. The van der Waals surface area contributed by atoms with Gasteiger partial charge in [0.1, 0.15) is 0 Å². The Bertz CT molecular complexity index is 889. The summed E-state index contributed by atoms with van der Waals surface area (Å²) < 4.78 is 71.8. The van der Waals surface area contributed by atoms with Crippen molar-refractivity contribution in [2.45, 2.75) is 31.5 Å². The minimum atomic E-state index is -4.89. The Morgan fingerprint density at radius 2 is 1.03 bits per heavy atom. The van der Waals surface area contributed by atoms with E-state index >= 15 is 0 Å². The zero-order valence-corrected chi connectivity index (χ0v) is 22.5. The number of hydrogen-bond donors (Lipinski definition) is 3. The number of amides is 2. The topological polar surface area (TPSA) is 78.4 Å². The number of alkyl halides is 7. The molecule has 3 N–H and O–H groups in total. The zero-order chi connectivity index (χ0) is 28.3. The molecule has 0 heterocycles. The average Bonchev–Trinajstić information content (AvgIpc) is 2.73. The Labute approximate surface area is 238 Å². The fraction of sp³-hybridized carbons (Fsp3) is 0.263. The Kier molecular flexibility index (Phi) is 18.2. The van der Waals surface area contributed by atoms with Gasteiger partial charge in [-0.2, -0.15) is 26.3 Å². The molecule has 0 aliphatic carbocycles. The van der Waals surface area contributed by atoms with Crippen molar-refractivity contribution >= 4 is 86.3 Å². The standard InChI is InChI=1S/C9H6Cl2F3NO.C9H7ClF3NO2.CH4.Cl3P/c10-6-3-1-5(2-4-6)7(16)15-8(11)9(12,13)14;10-6-3-1-5(2-4-6)7(15)14-8(16)9(11,12)13;;1-4(2)3/h1-4,8H,(H,15,16);1-4,8,16H,(H,14,15);1H4;. The fourth-order valence-electron chi connectivity index (χ4n) is 1.77. The highest BCUT2D eigenvalue weighted by molar-refractivity contribution is 8.20. The SMILES string of the molecule is C.ClP(Cl)Cl.O=C(NC(Cl)C(F)(F)F)c1ccc(Cl)cc1.O=C(NC(O)C(F)(F)F)c1ccc(Cl)cc1. The summed E-state index contributed by atoms with van der Waals surface area (Å²) >= 11 is 30.7. The lowest BCUT2D eigenvalue weighted by atomic mass is 10.2. The maximum absolute atomic E-state index is 12.0. The smallest absolute Gasteiger partial charge is 0.366 e. The number of halogens is 12. The average molecular weight is 679 g/mol. The van der Waals surface area contributed by atoms with Gasteiger partial charge < -0.3 is 15.7 Å². The Hall–Kier alpha value is -0.910. The Balaban J connectivity index is 0. The molecule has 0 aliphatic rings. The van der Waals surface area contributed by atoms with Crippen molar-refractivity contribution in [2.75, 3.05) is 0 Å².